The minimum atomic E-state index is 1.08. The SMILES string of the molecule is CN1CCN(c2cccc(N3CCN(C)CC3)n2)CC1. The van der Waals surface area contributed by atoms with Crippen molar-refractivity contribution in [3.63, 3.8) is 0 Å². The Balaban J connectivity index is 1.69. The van der Waals surface area contributed by atoms with Crippen LogP contribution in [0.25, 0.3) is 0 Å². The molecule has 3 heterocycles. The number of likely N-dealkylation sites (N-methyl/N-ethyl adjacent to an activating group) is 2. The molecule has 20 heavy (non-hydrogen) atoms. The first kappa shape index (κ1) is 13.6. The molecule has 0 saturated carbocycles. The highest BCUT2D eigenvalue weighted by molar-refractivity contribution is 5.49. The van der Waals surface area contributed by atoms with E-state index >= 15 is 0 Å². The fourth-order valence-electron chi connectivity index (χ4n) is 2.84. The minimum absolute atomic E-state index is 1.08. The Bertz CT molecular complexity index is 396. The van der Waals surface area contributed by atoms with Crippen LogP contribution in [-0.2, 0) is 0 Å². The van der Waals surface area contributed by atoms with Crippen LogP contribution in [0.5, 0.6) is 0 Å². The highest BCUT2D eigenvalue weighted by Gasteiger charge is 2.18. The number of aromatic nitrogens is 1. The molecule has 0 amide bonds. The quantitative estimate of drug-likeness (QED) is 0.787. The fourth-order valence-corrected chi connectivity index (χ4v) is 2.84. The molecule has 2 fully saturated rings. The molecule has 110 valence electrons. The molecule has 5 nitrogen and oxygen atoms in total. The molecule has 5 heteroatoms. The third kappa shape index (κ3) is 3.04. The van der Waals surface area contributed by atoms with Crippen molar-refractivity contribution >= 4 is 11.6 Å². The van der Waals surface area contributed by atoms with Gasteiger partial charge in [0.25, 0.3) is 0 Å². The largest absolute Gasteiger partial charge is 0.354 e. The summed E-state index contributed by atoms with van der Waals surface area (Å²) in [4.78, 5) is 14.4. The Hall–Kier alpha value is -1.33. The van der Waals surface area contributed by atoms with Crippen molar-refractivity contribution in [1.82, 2.24) is 14.8 Å². The van der Waals surface area contributed by atoms with Gasteiger partial charge in [0.15, 0.2) is 0 Å². The van der Waals surface area contributed by atoms with Crippen LogP contribution in [-0.4, -0.2) is 81.2 Å². The van der Waals surface area contributed by atoms with Gasteiger partial charge >= 0.3 is 0 Å². The van der Waals surface area contributed by atoms with E-state index < -0.39 is 0 Å². The molecule has 1 aromatic heterocycles. The molecule has 0 N–H and O–H groups in total. The number of nitrogens with zero attached hydrogens (tertiary/aromatic N) is 5. The van der Waals surface area contributed by atoms with E-state index in [9.17, 15) is 0 Å². The van der Waals surface area contributed by atoms with Gasteiger partial charge in [0.05, 0.1) is 0 Å². The average Bonchev–Trinajstić information content (AvgIpc) is 2.49. The summed E-state index contributed by atoms with van der Waals surface area (Å²) >= 11 is 0. The molecule has 3 rings (SSSR count). The van der Waals surface area contributed by atoms with Crippen LogP contribution in [0.2, 0.25) is 0 Å². The van der Waals surface area contributed by atoms with Gasteiger partial charge in [-0.25, -0.2) is 4.98 Å². The Morgan fingerprint density at radius 1 is 0.700 bits per heavy atom. The van der Waals surface area contributed by atoms with Gasteiger partial charge in [-0.15, -0.1) is 0 Å². The van der Waals surface area contributed by atoms with Crippen molar-refractivity contribution in [2.75, 3.05) is 76.3 Å². The lowest BCUT2D eigenvalue weighted by Crippen LogP contribution is -2.46. The number of hydrogen-bond donors (Lipinski definition) is 0. The molecule has 0 bridgehead atoms. The van der Waals surface area contributed by atoms with Crippen LogP contribution >= 0.6 is 0 Å². The van der Waals surface area contributed by atoms with E-state index in [1.807, 2.05) is 0 Å². The lowest BCUT2D eigenvalue weighted by molar-refractivity contribution is 0.310. The van der Waals surface area contributed by atoms with E-state index in [0.29, 0.717) is 0 Å². The lowest BCUT2D eigenvalue weighted by atomic mass is 10.3. The van der Waals surface area contributed by atoms with E-state index in [0.717, 1.165) is 64.0 Å². The maximum Gasteiger partial charge on any atom is 0.131 e. The molecular formula is C15H25N5. The topological polar surface area (TPSA) is 25.9 Å². The molecule has 2 saturated heterocycles. The second-order valence-corrected chi connectivity index (χ2v) is 5.93. The highest BCUT2D eigenvalue weighted by atomic mass is 15.3. The van der Waals surface area contributed by atoms with Crippen LogP contribution in [0.15, 0.2) is 18.2 Å². The Kier molecular flexibility index (Phi) is 4.08. The summed E-state index contributed by atoms with van der Waals surface area (Å²) in [6, 6.07) is 6.43. The third-order valence-corrected chi connectivity index (χ3v) is 4.37. The van der Waals surface area contributed by atoms with Crippen molar-refractivity contribution in [2.24, 2.45) is 0 Å². The van der Waals surface area contributed by atoms with Crippen molar-refractivity contribution < 1.29 is 0 Å². The molecule has 0 spiro atoms. The average molecular weight is 275 g/mol. The number of anilines is 2. The zero-order valence-corrected chi connectivity index (χ0v) is 12.6. The van der Waals surface area contributed by atoms with Gasteiger partial charge in [-0.3, -0.25) is 0 Å². The summed E-state index contributed by atoms with van der Waals surface area (Å²) in [6.07, 6.45) is 0. The molecule has 1 aromatic rings. The first-order valence-electron chi connectivity index (χ1n) is 7.56. The van der Waals surface area contributed by atoms with Crippen molar-refractivity contribution in [3.8, 4) is 0 Å². The molecule has 0 aromatic carbocycles. The van der Waals surface area contributed by atoms with Crippen LogP contribution in [0.3, 0.4) is 0 Å². The van der Waals surface area contributed by atoms with E-state index in [2.05, 4.69) is 51.9 Å². The van der Waals surface area contributed by atoms with Crippen LogP contribution in [0.1, 0.15) is 0 Å². The van der Waals surface area contributed by atoms with Crippen LogP contribution in [0, 0.1) is 0 Å². The van der Waals surface area contributed by atoms with Gasteiger partial charge < -0.3 is 19.6 Å². The summed E-state index contributed by atoms with van der Waals surface area (Å²) in [5, 5.41) is 0. The van der Waals surface area contributed by atoms with E-state index in [1.54, 1.807) is 0 Å². The van der Waals surface area contributed by atoms with Crippen molar-refractivity contribution in [2.45, 2.75) is 0 Å². The molecule has 0 radical (unpaired) electrons. The predicted octanol–water partition coefficient (Wildman–Crippen LogP) is 0.585. The minimum Gasteiger partial charge on any atom is -0.354 e. The summed E-state index contributed by atoms with van der Waals surface area (Å²) in [5.41, 5.74) is 0. The van der Waals surface area contributed by atoms with Gasteiger partial charge in [0.1, 0.15) is 11.6 Å². The Morgan fingerprint density at radius 2 is 1.10 bits per heavy atom. The second kappa shape index (κ2) is 5.97. The molecule has 0 unspecified atom stereocenters. The summed E-state index contributed by atoms with van der Waals surface area (Å²) in [6.45, 7) is 8.82. The summed E-state index contributed by atoms with van der Waals surface area (Å²) < 4.78 is 0. The van der Waals surface area contributed by atoms with E-state index in [4.69, 9.17) is 4.98 Å². The smallest absolute Gasteiger partial charge is 0.131 e. The van der Waals surface area contributed by atoms with Crippen molar-refractivity contribution in [3.05, 3.63) is 18.2 Å². The zero-order chi connectivity index (χ0) is 13.9. The van der Waals surface area contributed by atoms with Crippen molar-refractivity contribution in [1.29, 1.82) is 0 Å². The maximum atomic E-state index is 4.88. The van der Waals surface area contributed by atoms with E-state index in [-0.39, 0.29) is 0 Å². The number of hydrogen-bond acceptors (Lipinski definition) is 5. The standard InChI is InChI=1S/C15H25N5/c1-17-6-10-19(11-7-17)14-4-3-5-15(16-14)20-12-8-18(2)9-13-20/h3-5H,6-13H2,1-2H3. The summed E-state index contributed by atoms with van der Waals surface area (Å²) in [7, 11) is 4.37. The number of pyridine rings is 1. The summed E-state index contributed by atoms with van der Waals surface area (Å²) in [5.74, 6) is 2.27. The first-order valence-corrected chi connectivity index (χ1v) is 7.56. The van der Waals surface area contributed by atoms with Gasteiger partial charge in [0, 0.05) is 52.4 Å². The maximum absolute atomic E-state index is 4.88. The molecule has 0 aliphatic carbocycles. The molecule has 2 aliphatic rings. The number of rotatable bonds is 2. The number of piperazine rings is 2. The Labute approximate surface area is 121 Å². The second-order valence-electron chi connectivity index (χ2n) is 5.93. The van der Waals surface area contributed by atoms with E-state index in [1.165, 1.54) is 0 Å². The monoisotopic (exact) mass is 275 g/mol. The molecule has 2 aliphatic heterocycles. The van der Waals surface area contributed by atoms with Crippen LogP contribution in [0.4, 0.5) is 11.6 Å². The Morgan fingerprint density at radius 3 is 1.50 bits per heavy atom. The van der Waals surface area contributed by atoms with Crippen LogP contribution < -0.4 is 9.80 Å². The zero-order valence-electron chi connectivity index (χ0n) is 12.6. The first-order chi connectivity index (χ1) is 9.72. The predicted molar refractivity (Wildman–Crippen MR) is 83.7 cm³/mol. The van der Waals surface area contributed by atoms with Gasteiger partial charge in [-0.1, -0.05) is 6.07 Å². The fraction of sp³-hybridized carbons (Fsp3) is 0.667. The van der Waals surface area contributed by atoms with Gasteiger partial charge in [-0.2, -0.15) is 0 Å². The van der Waals surface area contributed by atoms with Gasteiger partial charge in [0.2, 0.25) is 0 Å². The molecular weight excluding hydrogens is 250 g/mol. The van der Waals surface area contributed by atoms with Gasteiger partial charge in [-0.05, 0) is 26.2 Å². The molecule has 0 atom stereocenters. The normalized spacial score (nSPS) is 22.3. The highest BCUT2D eigenvalue weighted by Crippen LogP contribution is 2.19. The third-order valence-electron chi connectivity index (χ3n) is 4.37. The lowest BCUT2D eigenvalue weighted by Gasteiger charge is -2.35.